The van der Waals surface area contributed by atoms with Crippen molar-refractivity contribution in [1.82, 2.24) is 9.97 Å². The van der Waals surface area contributed by atoms with E-state index in [0.29, 0.717) is 11.3 Å². The van der Waals surface area contributed by atoms with Gasteiger partial charge in [-0.25, -0.2) is 9.78 Å². The topological polar surface area (TPSA) is 55.0 Å². The molecular formula is C15H12N2O2. The quantitative estimate of drug-likeness (QED) is 0.563. The number of ether oxygens (including phenoxy) is 1. The highest BCUT2D eigenvalue weighted by molar-refractivity contribution is 5.93. The number of hydrogen-bond donors (Lipinski definition) is 1. The van der Waals surface area contributed by atoms with Crippen LogP contribution in [0.1, 0.15) is 15.9 Å². The molecule has 4 heteroatoms. The van der Waals surface area contributed by atoms with E-state index in [1.807, 2.05) is 31.2 Å². The van der Waals surface area contributed by atoms with Crippen molar-refractivity contribution in [2.24, 2.45) is 0 Å². The van der Waals surface area contributed by atoms with Crippen molar-refractivity contribution in [2.45, 2.75) is 6.92 Å². The predicted molar refractivity (Wildman–Crippen MR) is 72.2 cm³/mol. The number of aromatic nitrogens is 2. The van der Waals surface area contributed by atoms with Gasteiger partial charge in [0.25, 0.3) is 0 Å². The van der Waals surface area contributed by atoms with E-state index in [0.717, 1.165) is 16.6 Å². The van der Waals surface area contributed by atoms with Crippen LogP contribution in [0.5, 0.6) is 5.75 Å². The number of nitrogens with one attached hydrogen (secondary N) is 1. The van der Waals surface area contributed by atoms with Crippen LogP contribution in [0.3, 0.4) is 0 Å². The van der Waals surface area contributed by atoms with Gasteiger partial charge in [-0.15, -0.1) is 0 Å². The number of imidazole rings is 1. The molecule has 1 aromatic heterocycles. The number of aryl methyl sites for hydroxylation is 1. The second-order valence-corrected chi connectivity index (χ2v) is 4.29. The average molecular weight is 252 g/mol. The van der Waals surface area contributed by atoms with Crippen molar-refractivity contribution >= 4 is 17.0 Å². The summed E-state index contributed by atoms with van der Waals surface area (Å²) in [6, 6.07) is 12.7. The molecule has 0 aliphatic carbocycles. The van der Waals surface area contributed by atoms with Crippen LogP contribution < -0.4 is 4.74 Å². The number of carbonyl (C=O) groups is 1. The molecule has 0 saturated heterocycles. The molecule has 0 spiro atoms. The van der Waals surface area contributed by atoms with E-state index in [1.165, 1.54) is 0 Å². The van der Waals surface area contributed by atoms with Gasteiger partial charge in [-0.1, -0.05) is 18.2 Å². The summed E-state index contributed by atoms with van der Waals surface area (Å²) in [6.45, 7) is 1.88. The summed E-state index contributed by atoms with van der Waals surface area (Å²) in [5, 5.41) is 0. The van der Waals surface area contributed by atoms with Crippen LogP contribution in [0.25, 0.3) is 11.0 Å². The lowest BCUT2D eigenvalue weighted by atomic mass is 10.1. The lowest BCUT2D eigenvalue weighted by Gasteiger charge is -2.06. The molecule has 3 aromatic rings. The summed E-state index contributed by atoms with van der Waals surface area (Å²) in [5.41, 5.74) is 3.16. The van der Waals surface area contributed by atoms with Gasteiger partial charge in [0.1, 0.15) is 5.75 Å². The first-order valence-corrected chi connectivity index (χ1v) is 5.95. The number of aromatic amines is 1. The van der Waals surface area contributed by atoms with Crippen LogP contribution in [0.4, 0.5) is 0 Å². The maximum Gasteiger partial charge on any atom is 0.343 e. The monoisotopic (exact) mass is 252 g/mol. The van der Waals surface area contributed by atoms with Crippen LogP contribution in [-0.2, 0) is 0 Å². The van der Waals surface area contributed by atoms with Gasteiger partial charge in [-0.2, -0.15) is 0 Å². The Bertz CT molecular complexity index is 746. The van der Waals surface area contributed by atoms with Crippen LogP contribution in [-0.4, -0.2) is 15.9 Å². The van der Waals surface area contributed by atoms with Gasteiger partial charge in [0.05, 0.1) is 22.9 Å². The first kappa shape index (κ1) is 11.5. The fourth-order valence-electron chi connectivity index (χ4n) is 1.94. The average Bonchev–Trinajstić information content (AvgIpc) is 2.86. The molecule has 1 heterocycles. The number of hydrogen-bond acceptors (Lipinski definition) is 3. The number of esters is 1. The van der Waals surface area contributed by atoms with Crippen LogP contribution in [0.2, 0.25) is 0 Å². The summed E-state index contributed by atoms with van der Waals surface area (Å²) in [6.07, 6.45) is 1.61. The van der Waals surface area contributed by atoms with Gasteiger partial charge >= 0.3 is 5.97 Å². The molecule has 0 bridgehead atoms. The third-order valence-corrected chi connectivity index (χ3v) is 2.97. The molecule has 4 nitrogen and oxygen atoms in total. The lowest BCUT2D eigenvalue weighted by molar-refractivity contribution is 0.0734. The van der Waals surface area contributed by atoms with Crippen molar-refractivity contribution in [3.63, 3.8) is 0 Å². The van der Waals surface area contributed by atoms with Crippen molar-refractivity contribution in [3.05, 3.63) is 59.9 Å². The Morgan fingerprint density at radius 3 is 2.89 bits per heavy atom. The van der Waals surface area contributed by atoms with Gasteiger partial charge in [-0.05, 0) is 30.7 Å². The molecule has 0 radical (unpaired) electrons. The Labute approximate surface area is 110 Å². The Morgan fingerprint density at radius 2 is 2.05 bits per heavy atom. The minimum atomic E-state index is -0.350. The van der Waals surface area contributed by atoms with Crippen molar-refractivity contribution in [2.75, 3.05) is 0 Å². The van der Waals surface area contributed by atoms with E-state index < -0.39 is 0 Å². The number of H-pyrrole nitrogens is 1. The van der Waals surface area contributed by atoms with E-state index >= 15 is 0 Å². The lowest BCUT2D eigenvalue weighted by Crippen LogP contribution is -2.09. The molecule has 94 valence electrons. The summed E-state index contributed by atoms with van der Waals surface area (Å²) < 4.78 is 5.37. The van der Waals surface area contributed by atoms with Crippen molar-refractivity contribution < 1.29 is 9.53 Å². The zero-order valence-electron chi connectivity index (χ0n) is 10.4. The van der Waals surface area contributed by atoms with Crippen LogP contribution in [0, 0.1) is 6.92 Å². The molecular weight excluding hydrogens is 240 g/mol. The van der Waals surface area contributed by atoms with E-state index in [4.69, 9.17) is 4.74 Å². The van der Waals surface area contributed by atoms with Gasteiger partial charge in [0, 0.05) is 6.07 Å². The molecule has 2 aromatic carbocycles. The molecule has 0 aliphatic rings. The van der Waals surface area contributed by atoms with Crippen molar-refractivity contribution in [1.29, 1.82) is 0 Å². The summed E-state index contributed by atoms with van der Waals surface area (Å²) in [7, 11) is 0. The Balaban J connectivity index is 1.88. The maximum atomic E-state index is 12.1. The van der Waals surface area contributed by atoms with Gasteiger partial charge < -0.3 is 9.72 Å². The van der Waals surface area contributed by atoms with E-state index in [1.54, 1.807) is 24.5 Å². The third kappa shape index (κ3) is 2.20. The highest BCUT2D eigenvalue weighted by Gasteiger charge is 2.11. The van der Waals surface area contributed by atoms with Gasteiger partial charge in [0.15, 0.2) is 0 Å². The van der Waals surface area contributed by atoms with Crippen molar-refractivity contribution in [3.8, 4) is 5.75 Å². The Kier molecular flexibility index (Phi) is 2.76. The summed E-state index contributed by atoms with van der Waals surface area (Å²) in [5.74, 6) is 0.155. The molecule has 3 rings (SSSR count). The largest absolute Gasteiger partial charge is 0.423 e. The molecule has 0 saturated carbocycles. The number of rotatable bonds is 2. The highest BCUT2D eigenvalue weighted by atomic mass is 16.5. The van der Waals surface area contributed by atoms with Crippen LogP contribution in [0.15, 0.2) is 48.8 Å². The summed E-state index contributed by atoms with van der Waals surface area (Å²) in [4.78, 5) is 19.2. The molecule has 0 atom stereocenters. The predicted octanol–water partition coefficient (Wildman–Crippen LogP) is 3.09. The van der Waals surface area contributed by atoms with E-state index in [9.17, 15) is 4.79 Å². The van der Waals surface area contributed by atoms with E-state index in [2.05, 4.69) is 9.97 Å². The fourth-order valence-corrected chi connectivity index (χ4v) is 1.94. The SMILES string of the molecule is Cc1ccccc1C(=O)Oc1ccc2nc[nH]c2c1. The zero-order chi connectivity index (χ0) is 13.2. The minimum Gasteiger partial charge on any atom is -0.423 e. The third-order valence-electron chi connectivity index (χ3n) is 2.97. The first-order chi connectivity index (χ1) is 9.24. The second-order valence-electron chi connectivity index (χ2n) is 4.29. The number of fused-ring (bicyclic) bond motifs is 1. The maximum absolute atomic E-state index is 12.1. The molecule has 19 heavy (non-hydrogen) atoms. The fraction of sp³-hybridized carbons (Fsp3) is 0.0667. The molecule has 0 aliphatic heterocycles. The van der Waals surface area contributed by atoms with Crippen LogP contribution >= 0.6 is 0 Å². The molecule has 0 amide bonds. The van der Waals surface area contributed by atoms with Gasteiger partial charge in [0.2, 0.25) is 0 Å². The second kappa shape index (κ2) is 4.57. The standard InChI is InChI=1S/C15H12N2O2/c1-10-4-2-3-5-12(10)15(18)19-11-6-7-13-14(8-11)17-9-16-13/h2-9H,1H3,(H,16,17). The minimum absolute atomic E-state index is 0.350. The first-order valence-electron chi connectivity index (χ1n) is 5.95. The smallest absolute Gasteiger partial charge is 0.343 e. The zero-order valence-corrected chi connectivity index (χ0v) is 10.4. The number of nitrogens with zero attached hydrogens (tertiary/aromatic N) is 1. The normalized spacial score (nSPS) is 10.6. The molecule has 1 N–H and O–H groups in total. The number of carbonyl (C=O) groups excluding carboxylic acids is 1. The Hall–Kier alpha value is -2.62. The molecule has 0 fully saturated rings. The highest BCUT2D eigenvalue weighted by Crippen LogP contribution is 2.19. The molecule has 0 unspecified atom stereocenters. The van der Waals surface area contributed by atoms with Gasteiger partial charge in [-0.3, -0.25) is 0 Å². The number of benzene rings is 2. The van der Waals surface area contributed by atoms with E-state index in [-0.39, 0.29) is 5.97 Å². The summed E-state index contributed by atoms with van der Waals surface area (Å²) >= 11 is 0. The Morgan fingerprint density at radius 1 is 1.21 bits per heavy atom.